The summed E-state index contributed by atoms with van der Waals surface area (Å²) in [5.41, 5.74) is 8.04. The van der Waals surface area contributed by atoms with E-state index in [1.807, 2.05) is 0 Å². The molecular weight excluding hydrogens is 222 g/mol. The lowest BCUT2D eigenvalue weighted by Gasteiger charge is -2.42. The number of hydrogen-bond donors (Lipinski definition) is 1. The van der Waals surface area contributed by atoms with Gasteiger partial charge in [-0.3, -0.25) is 0 Å². The van der Waals surface area contributed by atoms with E-state index < -0.39 is 0 Å². The normalized spacial score (nSPS) is 26.2. The van der Waals surface area contributed by atoms with Gasteiger partial charge >= 0.3 is 0 Å². The first-order valence-corrected chi connectivity index (χ1v) is 7.87. The van der Waals surface area contributed by atoms with Crippen molar-refractivity contribution in [3.63, 3.8) is 0 Å². The maximum Gasteiger partial charge on any atom is 0.0870 e. The summed E-state index contributed by atoms with van der Waals surface area (Å²) < 4.78 is 6.16. The van der Waals surface area contributed by atoms with Gasteiger partial charge in [-0.1, -0.05) is 37.3 Å². The van der Waals surface area contributed by atoms with Gasteiger partial charge in [0.05, 0.1) is 11.6 Å². The van der Waals surface area contributed by atoms with Crippen LogP contribution in [0.5, 0.6) is 0 Å². The van der Waals surface area contributed by atoms with Crippen molar-refractivity contribution in [2.24, 2.45) is 5.73 Å². The summed E-state index contributed by atoms with van der Waals surface area (Å²) in [6.45, 7) is 2.89. The van der Waals surface area contributed by atoms with Gasteiger partial charge in [0.25, 0.3) is 0 Å². The zero-order chi connectivity index (χ0) is 12.8. The van der Waals surface area contributed by atoms with Crippen LogP contribution in [0.15, 0.2) is 11.6 Å². The Balaban J connectivity index is 2.10. The minimum absolute atomic E-state index is 0.0524. The molecule has 2 rings (SSSR count). The molecule has 0 spiro atoms. The standard InChI is InChI=1S/C16H29NO/c1-2-18-16(12-8-5-9-13-16)15(17)14-10-6-3-4-7-11-14/h10,15H,2-9,11-13,17H2,1H3. The third-order valence-corrected chi connectivity index (χ3v) is 4.67. The summed E-state index contributed by atoms with van der Waals surface area (Å²) in [4.78, 5) is 0. The van der Waals surface area contributed by atoms with Crippen LogP contribution in [0.25, 0.3) is 0 Å². The third-order valence-electron chi connectivity index (χ3n) is 4.67. The van der Waals surface area contributed by atoms with Crippen LogP contribution in [0.4, 0.5) is 0 Å². The van der Waals surface area contributed by atoms with Crippen molar-refractivity contribution in [2.45, 2.75) is 82.8 Å². The van der Waals surface area contributed by atoms with E-state index in [0.717, 1.165) is 19.4 Å². The van der Waals surface area contributed by atoms with Crippen molar-refractivity contribution in [2.75, 3.05) is 6.61 Å². The molecule has 0 aromatic carbocycles. The molecule has 2 heteroatoms. The lowest BCUT2D eigenvalue weighted by Crippen LogP contribution is -2.52. The maximum absolute atomic E-state index is 6.62. The second-order valence-electron chi connectivity index (χ2n) is 5.91. The molecule has 0 saturated heterocycles. The summed E-state index contributed by atoms with van der Waals surface area (Å²) in [5, 5.41) is 0. The van der Waals surface area contributed by atoms with E-state index in [2.05, 4.69) is 13.0 Å². The van der Waals surface area contributed by atoms with Gasteiger partial charge in [0.2, 0.25) is 0 Å². The highest BCUT2D eigenvalue weighted by Crippen LogP contribution is 2.37. The lowest BCUT2D eigenvalue weighted by atomic mass is 9.76. The molecule has 18 heavy (non-hydrogen) atoms. The highest BCUT2D eigenvalue weighted by molar-refractivity contribution is 5.18. The molecule has 0 aliphatic heterocycles. The van der Waals surface area contributed by atoms with Crippen LogP contribution in [0.3, 0.4) is 0 Å². The predicted octanol–water partition coefficient (Wildman–Crippen LogP) is 3.94. The molecule has 2 nitrogen and oxygen atoms in total. The van der Waals surface area contributed by atoms with E-state index in [1.165, 1.54) is 56.9 Å². The molecule has 104 valence electrons. The van der Waals surface area contributed by atoms with Crippen LogP contribution < -0.4 is 5.73 Å². The molecule has 0 radical (unpaired) electrons. The van der Waals surface area contributed by atoms with Crippen LogP contribution in [-0.4, -0.2) is 18.2 Å². The Labute approximate surface area is 112 Å². The lowest BCUT2D eigenvalue weighted by molar-refractivity contribution is -0.0752. The number of ether oxygens (including phenoxy) is 1. The molecular formula is C16H29NO. The summed E-state index contributed by atoms with van der Waals surface area (Å²) in [6, 6.07) is 0.135. The fraction of sp³-hybridized carbons (Fsp3) is 0.875. The number of hydrogen-bond acceptors (Lipinski definition) is 2. The van der Waals surface area contributed by atoms with Gasteiger partial charge in [0.15, 0.2) is 0 Å². The molecule has 1 saturated carbocycles. The van der Waals surface area contributed by atoms with Crippen LogP contribution >= 0.6 is 0 Å². The Morgan fingerprint density at radius 3 is 2.61 bits per heavy atom. The van der Waals surface area contributed by atoms with Gasteiger partial charge in [-0.2, -0.15) is 0 Å². The van der Waals surface area contributed by atoms with Crippen molar-refractivity contribution in [3.05, 3.63) is 11.6 Å². The smallest absolute Gasteiger partial charge is 0.0870 e. The van der Waals surface area contributed by atoms with E-state index in [0.29, 0.717) is 0 Å². The highest BCUT2D eigenvalue weighted by atomic mass is 16.5. The summed E-state index contributed by atoms with van der Waals surface area (Å²) in [5.74, 6) is 0. The minimum Gasteiger partial charge on any atom is -0.373 e. The largest absolute Gasteiger partial charge is 0.373 e. The zero-order valence-corrected chi connectivity index (χ0v) is 11.9. The Kier molecular flexibility index (Phi) is 5.25. The molecule has 1 atom stereocenters. The Hall–Kier alpha value is -0.340. The van der Waals surface area contributed by atoms with Gasteiger partial charge in [-0.25, -0.2) is 0 Å². The van der Waals surface area contributed by atoms with Crippen LogP contribution in [0.1, 0.15) is 71.1 Å². The zero-order valence-electron chi connectivity index (χ0n) is 11.9. The first-order valence-electron chi connectivity index (χ1n) is 7.87. The second kappa shape index (κ2) is 6.72. The number of nitrogens with two attached hydrogens (primary N) is 1. The van der Waals surface area contributed by atoms with Crippen molar-refractivity contribution >= 4 is 0 Å². The van der Waals surface area contributed by atoms with Crippen molar-refractivity contribution in [1.29, 1.82) is 0 Å². The Morgan fingerprint density at radius 1 is 1.17 bits per heavy atom. The summed E-state index contributed by atoms with van der Waals surface area (Å²) in [7, 11) is 0. The van der Waals surface area contributed by atoms with E-state index in [9.17, 15) is 0 Å². The number of rotatable bonds is 4. The fourth-order valence-electron chi connectivity index (χ4n) is 3.64. The molecule has 0 bridgehead atoms. The topological polar surface area (TPSA) is 35.2 Å². The number of allylic oxidation sites excluding steroid dienone is 1. The average Bonchev–Trinajstić information content (AvgIpc) is 2.68. The molecule has 0 heterocycles. The van der Waals surface area contributed by atoms with E-state index in [1.54, 1.807) is 0 Å². The molecule has 2 aliphatic rings. The quantitative estimate of drug-likeness (QED) is 0.768. The summed E-state index contributed by atoms with van der Waals surface area (Å²) >= 11 is 0. The first kappa shape index (κ1) is 14.1. The van der Waals surface area contributed by atoms with E-state index in [4.69, 9.17) is 10.5 Å². The second-order valence-corrected chi connectivity index (χ2v) is 5.91. The van der Waals surface area contributed by atoms with E-state index in [-0.39, 0.29) is 11.6 Å². The molecule has 1 fully saturated rings. The Bertz CT molecular complexity index is 273. The van der Waals surface area contributed by atoms with Gasteiger partial charge < -0.3 is 10.5 Å². The molecule has 2 aliphatic carbocycles. The Morgan fingerprint density at radius 2 is 1.89 bits per heavy atom. The summed E-state index contributed by atoms with van der Waals surface area (Å²) in [6.07, 6.45) is 15.0. The van der Waals surface area contributed by atoms with Crippen molar-refractivity contribution in [3.8, 4) is 0 Å². The van der Waals surface area contributed by atoms with Gasteiger partial charge in [0.1, 0.15) is 0 Å². The maximum atomic E-state index is 6.62. The molecule has 0 amide bonds. The predicted molar refractivity (Wildman–Crippen MR) is 76.6 cm³/mol. The van der Waals surface area contributed by atoms with Crippen LogP contribution in [-0.2, 0) is 4.74 Å². The molecule has 1 unspecified atom stereocenters. The average molecular weight is 251 g/mol. The van der Waals surface area contributed by atoms with Gasteiger partial charge in [-0.05, 0) is 45.4 Å². The molecule has 2 N–H and O–H groups in total. The first-order chi connectivity index (χ1) is 8.78. The van der Waals surface area contributed by atoms with Crippen LogP contribution in [0.2, 0.25) is 0 Å². The van der Waals surface area contributed by atoms with Crippen molar-refractivity contribution < 1.29 is 4.74 Å². The SMILES string of the molecule is CCOC1(C(N)C2=CCCCCC2)CCCCC1. The van der Waals surface area contributed by atoms with Crippen molar-refractivity contribution in [1.82, 2.24) is 0 Å². The minimum atomic E-state index is -0.0524. The van der Waals surface area contributed by atoms with Gasteiger partial charge in [-0.15, -0.1) is 0 Å². The van der Waals surface area contributed by atoms with Crippen LogP contribution in [0, 0.1) is 0 Å². The molecule has 0 aromatic rings. The fourth-order valence-corrected chi connectivity index (χ4v) is 3.64. The van der Waals surface area contributed by atoms with Gasteiger partial charge in [0, 0.05) is 6.61 Å². The van der Waals surface area contributed by atoms with E-state index >= 15 is 0 Å². The molecule has 0 aromatic heterocycles. The monoisotopic (exact) mass is 251 g/mol. The third kappa shape index (κ3) is 3.16. The highest BCUT2D eigenvalue weighted by Gasteiger charge is 2.40.